The van der Waals surface area contributed by atoms with Crippen LogP contribution in [-0.4, -0.2) is 16.1 Å². The van der Waals surface area contributed by atoms with Gasteiger partial charge in [-0.15, -0.1) is 0 Å². The lowest BCUT2D eigenvalue weighted by molar-refractivity contribution is 0.0897. The maximum Gasteiger partial charge on any atom is 0.272 e. The highest BCUT2D eigenvalue weighted by Crippen LogP contribution is 2.33. The molecule has 0 saturated heterocycles. The molecule has 5 nitrogen and oxygen atoms in total. The van der Waals surface area contributed by atoms with Crippen LogP contribution in [0.3, 0.4) is 0 Å². The van der Waals surface area contributed by atoms with Crippen LogP contribution in [0.4, 0.5) is 4.39 Å². The number of aromatic nitrogens is 2. The molecule has 0 spiro atoms. The number of amides is 1. The van der Waals surface area contributed by atoms with Crippen molar-refractivity contribution in [2.45, 2.75) is 26.8 Å². The number of hydrogen-bond acceptors (Lipinski definition) is 3. The van der Waals surface area contributed by atoms with Crippen LogP contribution >= 0.6 is 0 Å². The molecule has 2 N–H and O–H groups in total. The minimum Gasteiger partial charge on any atom is -0.343 e. The molecule has 3 rings (SSSR count). The Kier molecular flexibility index (Phi) is 4.59. The zero-order valence-corrected chi connectivity index (χ0v) is 14.8. The first-order valence-corrected chi connectivity index (χ1v) is 8.31. The van der Waals surface area contributed by atoms with Crippen molar-refractivity contribution in [2.75, 3.05) is 0 Å². The van der Waals surface area contributed by atoms with Crippen molar-refractivity contribution in [3.8, 4) is 0 Å². The Morgan fingerprint density at radius 3 is 2.31 bits per heavy atom. The van der Waals surface area contributed by atoms with E-state index in [4.69, 9.17) is 0 Å². The molecular formula is C20H20FN3O2. The maximum atomic E-state index is 13.3. The molecule has 3 aromatic rings. The van der Waals surface area contributed by atoms with E-state index < -0.39 is 5.91 Å². The number of nitrogens with zero attached hydrogens (tertiary/aromatic N) is 1. The van der Waals surface area contributed by atoms with Crippen molar-refractivity contribution < 1.29 is 9.18 Å². The van der Waals surface area contributed by atoms with E-state index in [1.807, 2.05) is 20.8 Å². The summed E-state index contributed by atoms with van der Waals surface area (Å²) in [5.74, 6) is -0.734. The molecule has 0 aliphatic carbocycles. The highest BCUT2D eigenvalue weighted by Gasteiger charge is 2.29. The van der Waals surface area contributed by atoms with Gasteiger partial charge in [-0.05, 0) is 29.2 Å². The van der Waals surface area contributed by atoms with Crippen LogP contribution in [0.15, 0.2) is 53.3 Å². The standard InChI is InChI=1S/C20H20FN3O2/c1-20(2,3)17(12-8-10-13(21)11-9-12)22-19(26)16-14-6-4-5-7-15(14)18(25)24-23-16/h4-11,17H,1-3H3,(H,22,26)(H,24,25). The Bertz CT molecular complexity index is 1000. The van der Waals surface area contributed by atoms with E-state index in [0.29, 0.717) is 10.8 Å². The third kappa shape index (κ3) is 3.49. The Hall–Kier alpha value is -3.02. The van der Waals surface area contributed by atoms with E-state index in [0.717, 1.165) is 5.56 Å². The molecule has 1 heterocycles. The fraction of sp³-hybridized carbons (Fsp3) is 0.250. The van der Waals surface area contributed by atoms with Gasteiger partial charge in [0.25, 0.3) is 11.5 Å². The molecule has 0 radical (unpaired) electrons. The highest BCUT2D eigenvalue weighted by atomic mass is 19.1. The Morgan fingerprint density at radius 2 is 1.69 bits per heavy atom. The summed E-state index contributed by atoms with van der Waals surface area (Å²) in [5, 5.41) is 10.2. The second-order valence-corrected chi connectivity index (χ2v) is 7.27. The number of H-pyrrole nitrogens is 1. The molecular weight excluding hydrogens is 333 g/mol. The van der Waals surface area contributed by atoms with Gasteiger partial charge in [0.15, 0.2) is 5.69 Å². The molecule has 26 heavy (non-hydrogen) atoms. The van der Waals surface area contributed by atoms with Gasteiger partial charge in [-0.1, -0.05) is 51.1 Å². The zero-order chi connectivity index (χ0) is 18.9. The van der Waals surface area contributed by atoms with Crippen LogP contribution in [0.5, 0.6) is 0 Å². The Labute approximate surface area is 150 Å². The van der Waals surface area contributed by atoms with Crippen molar-refractivity contribution in [1.82, 2.24) is 15.5 Å². The lowest BCUT2D eigenvalue weighted by atomic mass is 9.82. The van der Waals surface area contributed by atoms with Crippen molar-refractivity contribution in [3.63, 3.8) is 0 Å². The first kappa shape index (κ1) is 17.8. The molecule has 0 fully saturated rings. The normalized spacial score (nSPS) is 12.8. The number of benzene rings is 2. The highest BCUT2D eigenvalue weighted by molar-refractivity contribution is 6.04. The number of rotatable bonds is 3. The minimum atomic E-state index is -0.401. The Morgan fingerprint density at radius 1 is 1.08 bits per heavy atom. The first-order valence-electron chi connectivity index (χ1n) is 8.31. The van der Waals surface area contributed by atoms with Gasteiger partial charge in [0, 0.05) is 5.39 Å². The summed E-state index contributed by atoms with van der Waals surface area (Å²) >= 11 is 0. The maximum absolute atomic E-state index is 13.3. The van der Waals surface area contributed by atoms with Crippen LogP contribution < -0.4 is 10.9 Å². The SMILES string of the molecule is CC(C)(C)C(NC(=O)c1n[nH]c(=O)c2ccccc12)c1ccc(F)cc1. The fourth-order valence-electron chi connectivity index (χ4n) is 2.94. The summed E-state index contributed by atoms with van der Waals surface area (Å²) in [6.07, 6.45) is 0. The van der Waals surface area contributed by atoms with E-state index in [1.165, 1.54) is 12.1 Å². The Balaban J connectivity index is 2.00. The molecule has 6 heteroatoms. The molecule has 1 aromatic heterocycles. The average molecular weight is 353 g/mol. The molecule has 1 atom stereocenters. The van der Waals surface area contributed by atoms with Crippen LogP contribution in [0.25, 0.3) is 10.8 Å². The van der Waals surface area contributed by atoms with Gasteiger partial charge in [0.1, 0.15) is 5.82 Å². The van der Waals surface area contributed by atoms with Gasteiger partial charge in [-0.2, -0.15) is 5.10 Å². The number of hydrogen-bond donors (Lipinski definition) is 2. The molecule has 0 aliphatic heterocycles. The summed E-state index contributed by atoms with van der Waals surface area (Å²) in [6, 6.07) is 12.5. The van der Waals surface area contributed by atoms with Crippen molar-refractivity contribution in [3.05, 3.63) is 76.0 Å². The van der Waals surface area contributed by atoms with Gasteiger partial charge in [0.2, 0.25) is 0 Å². The van der Waals surface area contributed by atoms with E-state index in [2.05, 4.69) is 15.5 Å². The van der Waals surface area contributed by atoms with Gasteiger partial charge in [-0.25, -0.2) is 9.49 Å². The average Bonchev–Trinajstić information content (AvgIpc) is 2.60. The van der Waals surface area contributed by atoms with Crippen LogP contribution in [-0.2, 0) is 0 Å². The monoisotopic (exact) mass is 353 g/mol. The van der Waals surface area contributed by atoms with Crippen molar-refractivity contribution in [1.29, 1.82) is 0 Å². The van der Waals surface area contributed by atoms with E-state index in [9.17, 15) is 14.0 Å². The predicted molar refractivity (Wildman–Crippen MR) is 98.4 cm³/mol. The lowest BCUT2D eigenvalue weighted by Gasteiger charge is -2.32. The van der Waals surface area contributed by atoms with Gasteiger partial charge < -0.3 is 5.32 Å². The van der Waals surface area contributed by atoms with E-state index in [-0.39, 0.29) is 28.5 Å². The topological polar surface area (TPSA) is 74.8 Å². The van der Waals surface area contributed by atoms with Crippen molar-refractivity contribution >= 4 is 16.7 Å². The lowest BCUT2D eigenvalue weighted by Crippen LogP contribution is -2.37. The molecule has 1 amide bonds. The van der Waals surface area contributed by atoms with Gasteiger partial charge in [-0.3, -0.25) is 9.59 Å². The number of carbonyl (C=O) groups is 1. The van der Waals surface area contributed by atoms with Crippen LogP contribution in [0.2, 0.25) is 0 Å². The zero-order valence-electron chi connectivity index (χ0n) is 14.8. The summed E-state index contributed by atoms with van der Waals surface area (Å²) < 4.78 is 13.3. The molecule has 2 aromatic carbocycles. The number of aromatic amines is 1. The molecule has 0 saturated carbocycles. The van der Waals surface area contributed by atoms with Gasteiger partial charge in [0.05, 0.1) is 11.4 Å². The molecule has 1 unspecified atom stereocenters. The number of halogens is 1. The molecule has 0 aliphatic rings. The fourth-order valence-corrected chi connectivity index (χ4v) is 2.94. The predicted octanol–water partition coefficient (Wildman–Crippen LogP) is 3.58. The summed E-state index contributed by atoms with van der Waals surface area (Å²) in [7, 11) is 0. The summed E-state index contributed by atoms with van der Waals surface area (Å²) in [5.41, 5.74) is 0.284. The first-order chi connectivity index (χ1) is 12.3. The smallest absolute Gasteiger partial charge is 0.272 e. The molecule has 0 bridgehead atoms. The summed E-state index contributed by atoms with van der Waals surface area (Å²) in [6.45, 7) is 5.96. The number of nitrogens with one attached hydrogen (secondary N) is 2. The molecule has 134 valence electrons. The van der Waals surface area contributed by atoms with Gasteiger partial charge >= 0.3 is 0 Å². The number of fused-ring (bicyclic) bond motifs is 1. The second kappa shape index (κ2) is 6.71. The second-order valence-electron chi connectivity index (χ2n) is 7.27. The number of carbonyl (C=O) groups excluding carboxylic acids is 1. The quantitative estimate of drug-likeness (QED) is 0.756. The minimum absolute atomic E-state index is 0.150. The van der Waals surface area contributed by atoms with Crippen LogP contribution in [0, 0.1) is 11.2 Å². The summed E-state index contributed by atoms with van der Waals surface area (Å²) in [4.78, 5) is 24.8. The van der Waals surface area contributed by atoms with E-state index in [1.54, 1.807) is 36.4 Å². The largest absolute Gasteiger partial charge is 0.343 e. The van der Waals surface area contributed by atoms with E-state index >= 15 is 0 Å². The van der Waals surface area contributed by atoms with Crippen molar-refractivity contribution in [2.24, 2.45) is 5.41 Å². The third-order valence-corrected chi connectivity index (χ3v) is 4.26. The third-order valence-electron chi connectivity index (χ3n) is 4.26. The van der Waals surface area contributed by atoms with Crippen LogP contribution in [0.1, 0.15) is 42.9 Å².